The van der Waals surface area contributed by atoms with Crippen LogP contribution < -0.4 is 20.7 Å². The molecule has 2 aromatic rings. The first-order valence-corrected chi connectivity index (χ1v) is 13.5. The lowest BCUT2D eigenvalue weighted by Crippen LogP contribution is -2.54. The second kappa shape index (κ2) is 14.2. The summed E-state index contributed by atoms with van der Waals surface area (Å²) >= 11 is 0. The average molecular weight is 592 g/mol. The summed E-state index contributed by atoms with van der Waals surface area (Å²) in [6, 6.07) is 6.37. The molecular weight excluding hydrogens is 555 g/mol. The van der Waals surface area contributed by atoms with Crippen LogP contribution in [0, 0.1) is 5.82 Å². The minimum atomic E-state index is -3.96. The van der Waals surface area contributed by atoms with Crippen LogP contribution >= 0.6 is 0 Å². The van der Waals surface area contributed by atoms with Crippen LogP contribution in [0.2, 0.25) is 0 Å². The molecule has 0 saturated carbocycles. The van der Waals surface area contributed by atoms with E-state index in [1.807, 2.05) is 12.4 Å². The average Bonchev–Trinajstić information content (AvgIpc) is 2.97. The number of carbonyl (C=O) groups excluding carboxylic acids is 4. The fraction of sp³-hybridized carbons (Fsp3) is 0.448. The van der Waals surface area contributed by atoms with E-state index in [2.05, 4.69) is 15.5 Å². The zero-order chi connectivity index (χ0) is 31.0. The highest BCUT2D eigenvalue weighted by Crippen LogP contribution is 2.30. The fourth-order valence-corrected chi connectivity index (χ4v) is 4.31. The van der Waals surface area contributed by atoms with Crippen molar-refractivity contribution in [3.63, 3.8) is 0 Å². The molecule has 0 bridgehead atoms. The zero-order valence-electron chi connectivity index (χ0n) is 24.0. The van der Waals surface area contributed by atoms with Crippen LogP contribution in [-0.4, -0.2) is 85.8 Å². The van der Waals surface area contributed by atoms with Gasteiger partial charge < -0.3 is 30.5 Å². The zero-order valence-corrected chi connectivity index (χ0v) is 24.0. The van der Waals surface area contributed by atoms with Crippen molar-refractivity contribution in [1.29, 1.82) is 0 Å². The Bertz CT molecular complexity index is 1300. The first-order valence-electron chi connectivity index (χ1n) is 13.5. The Hall–Kier alpha value is -4.13. The Balaban J connectivity index is 1.65. The molecule has 3 N–H and O–H groups in total. The van der Waals surface area contributed by atoms with Gasteiger partial charge in [-0.15, -0.1) is 0 Å². The number of halogens is 3. The summed E-state index contributed by atoms with van der Waals surface area (Å²) in [4.78, 5) is 53.9. The van der Waals surface area contributed by atoms with E-state index < -0.39 is 41.2 Å². The molecule has 4 amide bonds. The minimum absolute atomic E-state index is 0.0217. The number of methoxy groups -OCH3 is 1. The number of nitrogens with one attached hydrogen (secondary N) is 3. The molecule has 10 nitrogen and oxygen atoms in total. The largest absolute Gasteiger partial charge is 0.497 e. The van der Waals surface area contributed by atoms with Gasteiger partial charge >= 0.3 is 5.92 Å². The summed E-state index contributed by atoms with van der Waals surface area (Å²) in [6.07, 6.45) is 0.194. The van der Waals surface area contributed by atoms with E-state index in [4.69, 9.17) is 4.74 Å². The third-order valence-corrected chi connectivity index (χ3v) is 6.96. The second-order valence-corrected chi connectivity index (χ2v) is 10.1. The lowest BCUT2D eigenvalue weighted by Gasteiger charge is -2.34. The van der Waals surface area contributed by atoms with Gasteiger partial charge in [0.05, 0.1) is 12.8 Å². The van der Waals surface area contributed by atoms with E-state index in [0.29, 0.717) is 31.7 Å². The molecule has 1 heterocycles. The van der Waals surface area contributed by atoms with Crippen LogP contribution in [0.3, 0.4) is 0 Å². The van der Waals surface area contributed by atoms with E-state index in [1.165, 1.54) is 38.3 Å². The molecular formula is C29H36F3N5O5. The van der Waals surface area contributed by atoms with E-state index in [-0.39, 0.29) is 36.1 Å². The van der Waals surface area contributed by atoms with Gasteiger partial charge in [0.25, 0.3) is 5.91 Å². The van der Waals surface area contributed by atoms with Gasteiger partial charge in [0.1, 0.15) is 23.7 Å². The molecule has 0 unspecified atom stereocenters. The number of ether oxygens (including phenoxy) is 1. The van der Waals surface area contributed by atoms with Crippen LogP contribution in [0.25, 0.3) is 0 Å². The van der Waals surface area contributed by atoms with E-state index in [1.54, 1.807) is 11.8 Å². The molecule has 1 aliphatic rings. The number of carbonyl (C=O) groups is 4. The first kappa shape index (κ1) is 32.4. The van der Waals surface area contributed by atoms with E-state index >= 15 is 0 Å². The van der Waals surface area contributed by atoms with Gasteiger partial charge in [-0.05, 0) is 43.8 Å². The van der Waals surface area contributed by atoms with Gasteiger partial charge in [0.2, 0.25) is 17.7 Å². The van der Waals surface area contributed by atoms with Crippen molar-refractivity contribution < 1.29 is 37.1 Å². The molecule has 0 radical (unpaired) electrons. The van der Waals surface area contributed by atoms with Crippen molar-refractivity contribution in [2.24, 2.45) is 0 Å². The lowest BCUT2D eigenvalue weighted by molar-refractivity contribution is -0.148. The SMILES string of the molecule is CCC(=O)N[C@H](Cc1ccc(NC(=O)[C@H](C)NC(=O)C(F)(F)c2cccc(OC)c2)c(F)c1)C(=O)N1CCN(C)CC1. The molecule has 1 aliphatic heterocycles. The number of hydrogen-bond acceptors (Lipinski definition) is 6. The highest BCUT2D eigenvalue weighted by Gasteiger charge is 2.42. The number of alkyl halides is 2. The van der Waals surface area contributed by atoms with Crippen molar-refractivity contribution in [1.82, 2.24) is 20.4 Å². The lowest BCUT2D eigenvalue weighted by atomic mass is 10.0. The number of piperazine rings is 1. The Morgan fingerprint density at radius 2 is 1.71 bits per heavy atom. The third-order valence-electron chi connectivity index (χ3n) is 6.96. The van der Waals surface area contributed by atoms with Crippen LogP contribution in [0.5, 0.6) is 5.75 Å². The molecule has 1 fully saturated rings. The summed E-state index contributed by atoms with van der Waals surface area (Å²) < 4.78 is 49.3. The second-order valence-electron chi connectivity index (χ2n) is 10.1. The quantitative estimate of drug-likeness (QED) is 0.369. The molecule has 13 heteroatoms. The van der Waals surface area contributed by atoms with Crippen LogP contribution in [0.15, 0.2) is 42.5 Å². The molecule has 0 spiro atoms. The molecule has 0 aromatic heterocycles. The first-order chi connectivity index (χ1) is 19.8. The van der Waals surface area contributed by atoms with Gasteiger partial charge in [0, 0.05) is 44.6 Å². The van der Waals surface area contributed by atoms with Crippen molar-refractivity contribution >= 4 is 29.3 Å². The normalized spacial score (nSPS) is 15.4. The number of likely N-dealkylation sites (N-methyl/N-ethyl adjacent to an activating group) is 1. The Kier molecular flexibility index (Phi) is 10.9. The van der Waals surface area contributed by atoms with Gasteiger partial charge in [-0.25, -0.2) is 4.39 Å². The molecule has 2 aromatic carbocycles. The van der Waals surface area contributed by atoms with Gasteiger partial charge in [-0.2, -0.15) is 8.78 Å². The third kappa shape index (κ3) is 8.21. The number of hydrogen-bond donors (Lipinski definition) is 3. The fourth-order valence-electron chi connectivity index (χ4n) is 4.31. The van der Waals surface area contributed by atoms with Gasteiger partial charge in [0.15, 0.2) is 0 Å². The topological polar surface area (TPSA) is 120 Å². The van der Waals surface area contributed by atoms with Gasteiger partial charge in [-0.1, -0.05) is 25.1 Å². The summed E-state index contributed by atoms with van der Waals surface area (Å²) in [6.45, 7) is 5.25. The predicted octanol–water partition coefficient (Wildman–Crippen LogP) is 2.28. The number of nitrogens with zero attached hydrogens (tertiary/aromatic N) is 2. The van der Waals surface area contributed by atoms with Crippen molar-refractivity contribution in [2.45, 2.75) is 44.7 Å². The molecule has 42 heavy (non-hydrogen) atoms. The number of benzene rings is 2. The summed E-state index contributed by atoms with van der Waals surface area (Å²) in [5.41, 5.74) is -0.467. The van der Waals surface area contributed by atoms with E-state index in [9.17, 15) is 32.3 Å². The van der Waals surface area contributed by atoms with Crippen LogP contribution in [0.4, 0.5) is 18.9 Å². The molecule has 2 atom stereocenters. The Labute approximate surface area is 242 Å². The van der Waals surface area contributed by atoms with Gasteiger partial charge in [-0.3, -0.25) is 19.2 Å². The van der Waals surface area contributed by atoms with E-state index in [0.717, 1.165) is 18.2 Å². The van der Waals surface area contributed by atoms with Crippen molar-refractivity contribution in [3.8, 4) is 5.75 Å². The summed E-state index contributed by atoms with van der Waals surface area (Å²) in [5.74, 6) is -7.88. The van der Waals surface area contributed by atoms with Crippen molar-refractivity contribution in [3.05, 3.63) is 59.4 Å². The molecule has 0 aliphatic carbocycles. The maximum absolute atomic E-state index is 15.0. The van der Waals surface area contributed by atoms with Crippen LogP contribution in [0.1, 0.15) is 31.4 Å². The van der Waals surface area contributed by atoms with Crippen LogP contribution in [-0.2, 0) is 31.5 Å². The Morgan fingerprint density at radius 1 is 1.02 bits per heavy atom. The Morgan fingerprint density at radius 3 is 2.33 bits per heavy atom. The molecule has 1 saturated heterocycles. The number of rotatable bonds is 11. The van der Waals surface area contributed by atoms with Crippen molar-refractivity contribution in [2.75, 3.05) is 45.7 Å². The number of amides is 4. The minimum Gasteiger partial charge on any atom is -0.497 e. The monoisotopic (exact) mass is 591 g/mol. The summed E-state index contributed by atoms with van der Waals surface area (Å²) in [7, 11) is 3.25. The smallest absolute Gasteiger partial charge is 0.349 e. The molecule has 3 rings (SSSR count). The maximum atomic E-state index is 15.0. The highest BCUT2D eigenvalue weighted by atomic mass is 19.3. The maximum Gasteiger partial charge on any atom is 0.349 e. The highest BCUT2D eigenvalue weighted by molar-refractivity contribution is 5.98. The predicted molar refractivity (Wildman–Crippen MR) is 150 cm³/mol. The standard InChI is InChI=1S/C29H36F3N5O5/c1-5-25(38)34-24(27(40)37-13-11-36(3)12-14-37)16-19-9-10-23(22(30)15-19)35-26(39)18(2)33-28(41)29(31,32)20-7-6-8-21(17-20)42-4/h6-10,15,17-18,24H,5,11-14,16H2,1-4H3,(H,33,41)(H,34,38)(H,35,39)/t18-,24+/m0/s1. The molecule has 228 valence electrons. The number of anilines is 1. The summed E-state index contributed by atoms with van der Waals surface area (Å²) in [5, 5.41) is 6.94.